The summed E-state index contributed by atoms with van der Waals surface area (Å²) in [6.07, 6.45) is 10.2. The Morgan fingerprint density at radius 2 is 2.07 bits per heavy atom. The minimum absolute atomic E-state index is 0.265. The predicted octanol–water partition coefficient (Wildman–Crippen LogP) is 5.35. The molecule has 1 aliphatic heterocycles. The summed E-state index contributed by atoms with van der Waals surface area (Å²) >= 11 is 13.2. The molecule has 5 nitrogen and oxygen atoms in total. The molecule has 158 valence electrons. The first-order chi connectivity index (χ1) is 14.4. The average molecular weight is 445 g/mol. The van der Waals surface area contributed by atoms with Crippen LogP contribution in [0.5, 0.6) is 0 Å². The van der Waals surface area contributed by atoms with E-state index in [0.717, 1.165) is 47.3 Å². The van der Waals surface area contributed by atoms with Crippen LogP contribution >= 0.6 is 23.2 Å². The Bertz CT molecular complexity index is 1140. The van der Waals surface area contributed by atoms with E-state index in [2.05, 4.69) is 9.67 Å². The van der Waals surface area contributed by atoms with E-state index in [1.54, 1.807) is 4.68 Å². The second-order valence-corrected chi connectivity index (χ2v) is 9.52. The second-order valence-electron chi connectivity index (χ2n) is 8.73. The molecule has 0 spiro atoms. The van der Waals surface area contributed by atoms with Gasteiger partial charge in [-0.2, -0.15) is 5.10 Å². The normalized spacial score (nSPS) is 16.3. The van der Waals surface area contributed by atoms with Crippen molar-refractivity contribution in [1.82, 2.24) is 19.2 Å². The molecule has 1 fully saturated rings. The van der Waals surface area contributed by atoms with Crippen molar-refractivity contribution >= 4 is 40.0 Å². The first-order valence-electron chi connectivity index (χ1n) is 10.7. The molecular weight excluding hydrogens is 419 g/mol. The van der Waals surface area contributed by atoms with Crippen molar-refractivity contribution in [3.05, 3.63) is 39.8 Å². The van der Waals surface area contributed by atoms with Crippen molar-refractivity contribution < 1.29 is 4.79 Å². The molecule has 3 aromatic rings. The van der Waals surface area contributed by atoms with E-state index in [1.165, 1.54) is 30.5 Å². The van der Waals surface area contributed by atoms with Gasteiger partial charge in [-0.15, -0.1) is 0 Å². The number of nitrogens with zero attached hydrogens (tertiary/aromatic N) is 4. The van der Waals surface area contributed by atoms with Crippen LogP contribution in [0.25, 0.3) is 22.0 Å². The lowest BCUT2D eigenvalue weighted by Crippen LogP contribution is -2.36. The van der Waals surface area contributed by atoms with Crippen molar-refractivity contribution in [3.8, 4) is 11.1 Å². The zero-order chi connectivity index (χ0) is 21.0. The summed E-state index contributed by atoms with van der Waals surface area (Å²) in [7, 11) is 3.95. The highest BCUT2D eigenvalue weighted by atomic mass is 35.5. The first-order valence-corrected chi connectivity index (χ1v) is 11.4. The maximum atomic E-state index is 12.9. The van der Waals surface area contributed by atoms with Crippen LogP contribution in [-0.4, -0.2) is 31.7 Å². The molecule has 0 radical (unpaired) electrons. The summed E-state index contributed by atoms with van der Waals surface area (Å²) in [4.78, 5) is 14.9. The number of hydrogen-bond donors (Lipinski definition) is 0. The van der Waals surface area contributed by atoms with Gasteiger partial charge in [-0.3, -0.25) is 9.48 Å². The SMILES string of the molecule is Cn1cc(-c2cc(Cl)c(Cl)c3c2c2c(n3C)CCN(C(=O)CCCC3CC3)C2)cn1. The highest BCUT2D eigenvalue weighted by molar-refractivity contribution is 6.45. The molecule has 0 unspecified atom stereocenters. The maximum Gasteiger partial charge on any atom is 0.222 e. The maximum absolute atomic E-state index is 12.9. The molecule has 7 heteroatoms. The van der Waals surface area contributed by atoms with Crippen molar-refractivity contribution in [2.24, 2.45) is 20.0 Å². The van der Waals surface area contributed by atoms with Crippen LogP contribution in [0.15, 0.2) is 18.5 Å². The van der Waals surface area contributed by atoms with Gasteiger partial charge < -0.3 is 9.47 Å². The smallest absolute Gasteiger partial charge is 0.222 e. The highest BCUT2D eigenvalue weighted by Gasteiger charge is 2.29. The van der Waals surface area contributed by atoms with Gasteiger partial charge in [0.1, 0.15) is 0 Å². The number of carbonyl (C=O) groups is 1. The Balaban J connectivity index is 1.54. The van der Waals surface area contributed by atoms with Crippen LogP contribution in [-0.2, 0) is 31.9 Å². The monoisotopic (exact) mass is 444 g/mol. The van der Waals surface area contributed by atoms with Gasteiger partial charge in [-0.05, 0) is 30.4 Å². The standard InChI is InChI=1S/C23H26Cl2N4O/c1-27-12-15(11-26-27)16-10-18(24)22(25)23-21(16)17-13-29(9-8-19(17)28(23)2)20(30)5-3-4-14-6-7-14/h10-12,14H,3-9,13H2,1-2H3. The molecule has 30 heavy (non-hydrogen) atoms. The van der Waals surface area contributed by atoms with E-state index in [-0.39, 0.29) is 5.91 Å². The predicted molar refractivity (Wildman–Crippen MR) is 121 cm³/mol. The number of amides is 1. The number of aryl methyl sites for hydroxylation is 2. The molecule has 1 aromatic carbocycles. The van der Waals surface area contributed by atoms with Gasteiger partial charge >= 0.3 is 0 Å². The fourth-order valence-corrected chi connectivity index (χ4v) is 5.30. The molecule has 2 aliphatic rings. The van der Waals surface area contributed by atoms with Crippen LogP contribution in [0.4, 0.5) is 0 Å². The van der Waals surface area contributed by atoms with Gasteiger partial charge in [0.15, 0.2) is 0 Å². The summed E-state index contributed by atoms with van der Waals surface area (Å²) in [5.74, 6) is 1.14. The summed E-state index contributed by atoms with van der Waals surface area (Å²) in [6, 6.07) is 1.93. The second kappa shape index (κ2) is 7.61. The Morgan fingerprint density at radius 1 is 1.27 bits per heavy atom. The lowest BCUT2D eigenvalue weighted by Gasteiger charge is -2.28. The number of hydrogen-bond acceptors (Lipinski definition) is 2. The fourth-order valence-electron chi connectivity index (χ4n) is 4.82. The molecule has 0 N–H and O–H groups in total. The molecule has 1 amide bonds. The van der Waals surface area contributed by atoms with Gasteiger partial charge in [-0.25, -0.2) is 0 Å². The molecule has 5 rings (SSSR count). The van der Waals surface area contributed by atoms with Crippen LogP contribution in [0.3, 0.4) is 0 Å². The Hall–Kier alpha value is -1.98. The third kappa shape index (κ3) is 3.42. The van der Waals surface area contributed by atoms with E-state index in [1.807, 2.05) is 37.5 Å². The number of fused-ring (bicyclic) bond motifs is 3. The van der Waals surface area contributed by atoms with Gasteiger partial charge in [-0.1, -0.05) is 36.0 Å². The lowest BCUT2D eigenvalue weighted by atomic mass is 9.97. The number of benzene rings is 1. The van der Waals surface area contributed by atoms with Gasteiger partial charge in [0, 0.05) is 68.4 Å². The minimum Gasteiger partial charge on any atom is -0.346 e. The molecule has 2 aromatic heterocycles. The van der Waals surface area contributed by atoms with E-state index >= 15 is 0 Å². The third-order valence-corrected chi connectivity index (χ3v) is 7.40. The average Bonchev–Trinajstić information content (AvgIpc) is 3.38. The summed E-state index contributed by atoms with van der Waals surface area (Å²) in [5.41, 5.74) is 5.39. The quantitative estimate of drug-likeness (QED) is 0.531. The first kappa shape index (κ1) is 20.0. The zero-order valence-electron chi connectivity index (χ0n) is 17.4. The van der Waals surface area contributed by atoms with Gasteiger partial charge in [0.25, 0.3) is 0 Å². The topological polar surface area (TPSA) is 43.1 Å². The molecule has 1 aliphatic carbocycles. The van der Waals surface area contributed by atoms with Gasteiger partial charge in [0.05, 0.1) is 21.8 Å². The van der Waals surface area contributed by atoms with E-state index in [9.17, 15) is 4.79 Å². The molecule has 1 saturated carbocycles. The molecule has 3 heterocycles. The van der Waals surface area contributed by atoms with Crippen molar-refractivity contribution in [2.45, 2.75) is 45.1 Å². The Kier molecular flexibility index (Phi) is 5.06. The van der Waals surface area contributed by atoms with Crippen LogP contribution in [0, 0.1) is 5.92 Å². The molecule has 0 atom stereocenters. The zero-order valence-corrected chi connectivity index (χ0v) is 18.9. The third-order valence-electron chi connectivity index (χ3n) is 6.62. The Labute approximate surface area is 186 Å². The van der Waals surface area contributed by atoms with Gasteiger partial charge in [0.2, 0.25) is 5.91 Å². The van der Waals surface area contributed by atoms with Crippen molar-refractivity contribution in [2.75, 3.05) is 6.54 Å². The summed E-state index contributed by atoms with van der Waals surface area (Å²) in [6.45, 7) is 1.38. The minimum atomic E-state index is 0.265. The number of rotatable bonds is 5. The molecule has 0 bridgehead atoms. The van der Waals surface area contributed by atoms with Crippen molar-refractivity contribution in [3.63, 3.8) is 0 Å². The van der Waals surface area contributed by atoms with Crippen LogP contribution in [0.1, 0.15) is 43.4 Å². The number of aromatic nitrogens is 3. The fraction of sp³-hybridized carbons (Fsp3) is 0.478. The lowest BCUT2D eigenvalue weighted by molar-refractivity contribution is -0.132. The number of carbonyl (C=O) groups excluding carboxylic acids is 1. The van der Waals surface area contributed by atoms with E-state index < -0.39 is 0 Å². The van der Waals surface area contributed by atoms with E-state index in [0.29, 0.717) is 23.0 Å². The highest BCUT2D eigenvalue weighted by Crippen LogP contribution is 2.43. The molecular formula is C23H26Cl2N4O. The summed E-state index contributed by atoms with van der Waals surface area (Å²) < 4.78 is 3.95. The largest absolute Gasteiger partial charge is 0.346 e. The van der Waals surface area contributed by atoms with Crippen molar-refractivity contribution in [1.29, 1.82) is 0 Å². The number of halogens is 2. The van der Waals surface area contributed by atoms with E-state index in [4.69, 9.17) is 23.2 Å². The Morgan fingerprint density at radius 3 is 2.77 bits per heavy atom. The molecule has 0 saturated heterocycles. The van der Waals surface area contributed by atoms with Crippen LogP contribution < -0.4 is 0 Å². The van der Waals surface area contributed by atoms with Crippen LogP contribution in [0.2, 0.25) is 10.0 Å². The summed E-state index contributed by atoms with van der Waals surface area (Å²) in [5, 5.41) is 6.53.